The molecule has 1 amide bonds. The van der Waals surface area contributed by atoms with Gasteiger partial charge in [0.1, 0.15) is 6.61 Å². The molecule has 1 aliphatic rings. The van der Waals surface area contributed by atoms with E-state index in [4.69, 9.17) is 9.47 Å². The molecule has 0 bridgehead atoms. The number of halogens is 1. The van der Waals surface area contributed by atoms with Crippen molar-refractivity contribution in [2.24, 2.45) is 0 Å². The standard InChI is InChI=1S/C12H24N2O3.ClH/c1-10(2)17-7-11(15)13-8-12(9-16-3)5-4-6-14-12;/h10,14H,4-9H2,1-3H3,(H,13,15);1H. The van der Waals surface area contributed by atoms with Gasteiger partial charge < -0.3 is 20.1 Å². The summed E-state index contributed by atoms with van der Waals surface area (Å²) in [5, 5.41) is 6.31. The molecule has 2 N–H and O–H groups in total. The van der Waals surface area contributed by atoms with Crippen LogP contribution in [0.5, 0.6) is 0 Å². The summed E-state index contributed by atoms with van der Waals surface area (Å²) in [4.78, 5) is 11.5. The summed E-state index contributed by atoms with van der Waals surface area (Å²) in [6.45, 7) is 6.17. The third kappa shape index (κ3) is 6.00. The van der Waals surface area contributed by atoms with E-state index in [1.54, 1.807) is 7.11 Å². The molecule has 0 aromatic heterocycles. The zero-order valence-electron chi connectivity index (χ0n) is 11.5. The normalized spacial score (nSPS) is 22.9. The summed E-state index contributed by atoms with van der Waals surface area (Å²) < 4.78 is 10.5. The first-order chi connectivity index (χ1) is 8.08. The largest absolute Gasteiger partial charge is 0.383 e. The Morgan fingerprint density at radius 2 is 2.22 bits per heavy atom. The summed E-state index contributed by atoms with van der Waals surface area (Å²) >= 11 is 0. The number of carbonyl (C=O) groups is 1. The molecule has 1 saturated heterocycles. The van der Waals surface area contributed by atoms with Gasteiger partial charge in [-0.2, -0.15) is 0 Å². The first-order valence-electron chi connectivity index (χ1n) is 6.20. The quantitative estimate of drug-likeness (QED) is 0.721. The van der Waals surface area contributed by atoms with E-state index in [0.717, 1.165) is 19.4 Å². The van der Waals surface area contributed by atoms with Gasteiger partial charge in [-0.05, 0) is 33.2 Å². The van der Waals surface area contributed by atoms with E-state index < -0.39 is 0 Å². The highest BCUT2D eigenvalue weighted by molar-refractivity contribution is 5.85. The molecule has 0 aromatic rings. The van der Waals surface area contributed by atoms with Crippen LogP contribution < -0.4 is 10.6 Å². The maximum Gasteiger partial charge on any atom is 0.246 e. The summed E-state index contributed by atoms with van der Waals surface area (Å²) in [6.07, 6.45) is 2.24. The fraction of sp³-hybridized carbons (Fsp3) is 0.917. The van der Waals surface area contributed by atoms with E-state index in [9.17, 15) is 4.79 Å². The predicted octanol–water partition coefficient (Wildman–Crippen LogP) is 0.718. The van der Waals surface area contributed by atoms with Crippen molar-refractivity contribution >= 4 is 18.3 Å². The van der Waals surface area contributed by atoms with E-state index in [2.05, 4.69) is 10.6 Å². The second-order valence-corrected chi connectivity index (χ2v) is 4.88. The van der Waals surface area contributed by atoms with E-state index >= 15 is 0 Å². The molecule has 0 saturated carbocycles. The Labute approximate surface area is 115 Å². The predicted molar refractivity (Wildman–Crippen MR) is 73.2 cm³/mol. The van der Waals surface area contributed by atoms with Crippen molar-refractivity contribution in [2.75, 3.05) is 33.4 Å². The Hall–Kier alpha value is -0.360. The Kier molecular flexibility index (Phi) is 8.52. The summed E-state index contributed by atoms with van der Waals surface area (Å²) in [6, 6.07) is 0. The second kappa shape index (κ2) is 8.69. The maximum atomic E-state index is 11.5. The van der Waals surface area contributed by atoms with Gasteiger partial charge >= 0.3 is 0 Å². The lowest BCUT2D eigenvalue weighted by molar-refractivity contribution is -0.127. The van der Waals surface area contributed by atoms with Crippen LogP contribution in [-0.2, 0) is 14.3 Å². The Balaban J connectivity index is 0.00000289. The van der Waals surface area contributed by atoms with Crippen LogP contribution in [0.2, 0.25) is 0 Å². The summed E-state index contributed by atoms with van der Waals surface area (Å²) in [7, 11) is 1.69. The van der Waals surface area contributed by atoms with Crippen molar-refractivity contribution in [1.29, 1.82) is 0 Å². The fourth-order valence-corrected chi connectivity index (χ4v) is 2.03. The fourth-order valence-electron chi connectivity index (χ4n) is 2.03. The zero-order chi connectivity index (χ0) is 12.7. The molecule has 0 radical (unpaired) electrons. The molecule has 0 spiro atoms. The number of amides is 1. The number of carbonyl (C=O) groups excluding carboxylic acids is 1. The van der Waals surface area contributed by atoms with Crippen LogP contribution in [-0.4, -0.2) is 51.0 Å². The van der Waals surface area contributed by atoms with Gasteiger partial charge in [-0.15, -0.1) is 12.4 Å². The van der Waals surface area contributed by atoms with Crippen LogP contribution in [0.1, 0.15) is 26.7 Å². The number of hydrogen-bond donors (Lipinski definition) is 2. The van der Waals surface area contributed by atoms with Gasteiger partial charge in [0.05, 0.1) is 18.2 Å². The molecular weight excluding hydrogens is 256 g/mol. The second-order valence-electron chi connectivity index (χ2n) is 4.88. The number of ether oxygens (including phenoxy) is 2. The van der Waals surface area contributed by atoms with Crippen LogP contribution in [0, 0.1) is 0 Å². The Morgan fingerprint density at radius 1 is 1.50 bits per heavy atom. The monoisotopic (exact) mass is 280 g/mol. The number of nitrogens with one attached hydrogen (secondary N) is 2. The maximum absolute atomic E-state index is 11.5. The zero-order valence-corrected chi connectivity index (χ0v) is 12.3. The molecule has 108 valence electrons. The molecule has 1 rings (SSSR count). The van der Waals surface area contributed by atoms with E-state index in [1.165, 1.54) is 0 Å². The first kappa shape index (κ1) is 17.6. The van der Waals surface area contributed by atoms with Gasteiger partial charge in [0.2, 0.25) is 5.91 Å². The summed E-state index contributed by atoms with van der Waals surface area (Å²) in [5.41, 5.74) is -0.0950. The summed E-state index contributed by atoms with van der Waals surface area (Å²) in [5.74, 6) is -0.0668. The van der Waals surface area contributed by atoms with Crippen molar-refractivity contribution in [3.63, 3.8) is 0 Å². The lowest BCUT2D eigenvalue weighted by atomic mass is 9.99. The van der Waals surface area contributed by atoms with Gasteiger partial charge in [0.25, 0.3) is 0 Å². The molecule has 1 atom stereocenters. The van der Waals surface area contributed by atoms with Gasteiger partial charge in [-0.1, -0.05) is 0 Å². The van der Waals surface area contributed by atoms with Gasteiger partial charge in [-0.25, -0.2) is 0 Å². The molecule has 5 nitrogen and oxygen atoms in total. The number of hydrogen-bond acceptors (Lipinski definition) is 4. The van der Waals surface area contributed by atoms with Crippen LogP contribution in [0.3, 0.4) is 0 Å². The minimum Gasteiger partial charge on any atom is -0.383 e. The average molecular weight is 281 g/mol. The highest BCUT2D eigenvalue weighted by Crippen LogP contribution is 2.18. The lowest BCUT2D eigenvalue weighted by Crippen LogP contribution is -2.53. The third-order valence-corrected chi connectivity index (χ3v) is 2.92. The van der Waals surface area contributed by atoms with Crippen LogP contribution in [0.25, 0.3) is 0 Å². The molecule has 0 aromatic carbocycles. The van der Waals surface area contributed by atoms with Crippen molar-refractivity contribution in [1.82, 2.24) is 10.6 Å². The average Bonchev–Trinajstić information content (AvgIpc) is 2.73. The minimum atomic E-state index is -0.0950. The van der Waals surface area contributed by atoms with Crippen LogP contribution >= 0.6 is 12.4 Å². The van der Waals surface area contributed by atoms with Crippen molar-refractivity contribution in [3.05, 3.63) is 0 Å². The van der Waals surface area contributed by atoms with Gasteiger partial charge in [0, 0.05) is 13.7 Å². The van der Waals surface area contributed by atoms with E-state index in [0.29, 0.717) is 13.2 Å². The molecule has 1 aliphatic heterocycles. The Bertz CT molecular complexity index is 243. The first-order valence-corrected chi connectivity index (χ1v) is 6.20. The third-order valence-electron chi connectivity index (χ3n) is 2.92. The lowest BCUT2D eigenvalue weighted by Gasteiger charge is -2.29. The van der Waals surface area contributed by atoms with E-state index in [1.807, 2.05) is 13.8 Å². The van der Waals surface area contributed by atoms with Crippen molar-refractivity contribution in [3.8, 4) is 0 Å². The molecule has 6 heteroatoms. The van der Waals surface area contributed by atoms with Gasteiger partial charge in [0.15, 0.2) is 0 Å². The molecule has 0 aliphatic carbocycles. The molecule has 1 heterocycles. The van der Waals surface area contributed by atoms with E-state index in [-0.39, 0.29) is 36.6 Å². The van der Waals surface area contributed by atoms with Gasteiger partial charge in [-0.3, -0.25) is 4.79 Å². The molecular formula is C12H25ClN2O3. The highest BCUT2D eigenvalue weighted by atomic mass is 35.5. The molecule has 1 unspecified atom stereocenters. The molecule has 1 fully saturated rings. The number of rotatable bonds is 7. The van der Waals surface area contributed by atoms with Crippen molar-refractivity contribution < 1.29 is 14.3 Å². The number of methoxy groups -OCH3 is 1. The van der Waals surface area contributed by atoms with Crippen molar-refractivity contribution in [2.45, 2.75) is 38.3 Å². The topological polar surface area (TPSA) is 59.6 Å². The minimum absolute atomic E-state index is 0. The SMILES string of the molecule is COCC1(CNC(=O)COC(C)C)CCCN1.Cl. The Morgan fingerprint density at radius 3 is 2.72 bits per heavy atom. The van der Waals surface area contributed by atoms with Crippen LogP contribution in [0.4, 0.5) is 0 Å². The smallest absolute Gasteiger partial charge is 0.246 e. The highest BCUT2D eigenvalue weighted by Gasteiger charge is 2.33. The molecule has 18 heavy (non-hydrogen) atoms. The van der Waals surface area contributed by atoms with Crippen LogP contribution in [0.15, 0.2) is 0 Å².